The molecule has 4 rings (SSSR count). The van der Waals surface area contributed by atoms with Gasteiger partial charge in [-0.1, -0.05) is 24.3 Å². The summed E-state index contributed by atoms with van der Waals surface area (Å²) in [5.74, 6) is 0.477. The van der Waals surface area contributed by atoms with Crippen LogP contribution in [-0.2, 0) is 6.54 Å². The van der Waals surface area contributed by atoms with Crippen molar-refractivity contribution in [3.63, 3.8) is 0 Å². The number of rotatable bonds is 1. The zero-order chi connectivity index (χ0) is 13.5. The fraction of sp³-hybridized carbons (Fsp3) is 0.222. The second kappa shape index (κ2) is 4.50. The molecule has 2 aromatic heterocycles. The number of nitrogens with zero attached hydrogens (tertiary/aromatic N) is 2. The summed E-state index contributed by atoms with van der Waals surface area (Å²) >= 11 is 0. The molecule has 0 bridgehead atoms. The van der Waals surface area contributed by atoms with Crippen LogP contribution < -0.4 is 0 Å². The van der Waals surface area contributed by atoms with Crippen molar-refractivity contribution in [3.8, 4) is 0 Å². The smallest absolute Gasteiger partial charge is 0.0452 e. The first-order chi connectivity index (χ1) is 9.81. The van der Waals surface area contributed by atoms with Crippen molar-refractivity contribution in [3.05, 3.63) is 77.6 Å². The van der Waals surface area contributed by atoms with Crippen LogP contribution in [-0.4, -0.2) is 22.9 Å². The van der Waals surface area contributed by atoms with Gasteiger partial charge in [-0.05, 0) is 48.0 Å². The third kappa shape index (κ3) is 1.84. The first-order valence-corrected chi connectivity index (χ1v) is 7.14. The maximum Gasteiger partial charge on any atom is 0.0452 e. The maximum atomic E-state index is 2.41. The van der Waals surface area contributed by atoms with Crippen LogP contribution in [0.15, 0.2) is 60.9 Å². The topological polar surface area (TPSA) is 7.65 Å². The SMILES string of the molecule is CN1Cc2ccccc2C(c2ccn3cccc3c2)C1. The van der Waals surface area contributed by atoms with Gasteiger partial charge in [0.2, 0.25) is 0 Å². The molecule has 1 unspecified atom stereocenters. The number of hydrogen-bond acceptors (Lipinski definition) is 1. The van der Waals surface area contributed by atoms with Crippen LogP contribution in [0.2, 0.25) is 0 Å². The molecule has 20 heavy (non-hydrogen) atoms. The van der Waals surface area contributed by atoms with E-state index in [4.69, 9.17) is 0 Å². The summed E-state index contributed by atoms with van der Waals surface area (Å²) in [5.41, 5.74) is 5.63. The van der Waals surface area contributed by atoms with Crippen molar-refractivity contribution in [2.75, 3.05) is 13.6 Å². The number of hydrogen-bond donors (Lipinski definition) is 0. The minimum atomic E-state index is 0.477. The molecule has 1 aromatic carbocycles. The van der Waals surface area contributed by atoms with Crippen LogP contribution in [0, 0.1) is 0 Å². The normalized spacial score (nSPS) is 19.1. The molecule has 1 aliphatic rings. The highest BCUT2D eigenvalue weighted by Crippen LogP contribution is 2.33. The lowest BCUT2D eigenvalue weighted by atomic mass is 9.85. The Morgan fingerprint density at radius 3 is 2.85 bits per heavy atom. The molecule has 100 valence electrons. The Hall–Kier alpha value is -2.06. The monoisotopic (exact) mass is 262 g/mol. The molecule has 0 amide bonds. The molecule has 0 N–H and O–H groups in total. The highest BCUT2D eigenvalue weighted by Gasteiger charge is 2.24. The van der Waals surface area contributed by atoms with Crippen LogP contribution >= 0.6 is 0 Å². The van der Waals surface area contributed by atoms with E-state index in [1.165, 1.54) is 22.2 Å². The van der Waals surface area contributed by atoms with Crippen molar-refractivity contribution < 1.29 is 0 Å². The lowest BCUT2D eigenvalue weighted by Gasteiger charge is -2.32. The van der Waals surface area contributed by atoms with E-state index in [0.717, 1.165) is 13.1 Å². The van der Waals surface area contributed by atoms with Crippen LogP contribution in [0.1, 0.15) is 22.6 Å². The van der Waals surface area contributed by atoms with E-state index in [2.05, 4.69) is 77.3 Å². The van der Waals surface area contributed by atoms with Crippen LogP contribution in [0.3, 0.4) is 0 Å². The van der Waals surface area contributed by atoms with Gasteiger partial charge in [-0.3, -0.25) is 0 Å². The largest absolute Gasteiger partial charge is 0.324 e. The van der Waals surface area contributed by atoms with E-state index < -0.39 is 0 Å². The number of aromatic nitrogens is 1. The highest BCUT2D eigenvalue weighted by atomic mass is 15.1. The third-order valence-corrected chi connectivity index (χ3v) is 4.32. The van der Waals surface area contributed by atoms with E-state index in [9.17, 15) is 0 Å². The Labute approximate surface area is 119 Å². The molecule has 0 aliphatic carbocycles. The van der Waals surface area contributed by atoms with Crippen LogP contribution in [0.5, 0.6) is 0 Å². The summed E-state index contributed by atoms with van der Waals surface area (Å²) in [4.78, 5) is 2.41. The fourth-order valence-electron chi connectivity index (χ4n) is 3.34. The summed E-state index contributed by atoms with van der Waals surface area (Å²) in [6.45, 7) is 2.15. The fourth-order valence-corrected chi connectivity index (χ4v) is 3.34. The molecule has 1 atom stereocenters. The van der Waals surface area contributed by atoms with Crippen molar-refractivity contribution in [1.82, 2.24) is 9.30 Å². The Morgan fingerprint density at radius 2 is 1.90 bits per heavy atom. The summed E-state index contributed by atoms with van der Waals surface area (Å²) in [6.07, 6.45) is 4.27. The standard InChI is InChI=1S/C18H18N2/c1-19-12-15-5-2-3-7-17(15)18(13-19)14-8-10-20-9-4-6-16(20)11-14/h2-11,18H,12-13H2,1H3. The number of likely N-dealkylation sites (N-methyl/N-ethyl adjacent to an activating group) is 1. The molecule has 1 aliphatic heterocycles. The molecule has 3 heterocycles. The van der Waals surface area contributed by atoms with Gasteiger partial charge in [-0.15, -0.1) is 0 Å². The molecule has 0 saturated carbocycles. The van der Waals surface area contributed by atoms with E-state index in [0.29, 0.717) is 5.92 Å². The average molecular weight is 262 g/mol. The van der Waals surface area contributed by atoms with Gasteiger partial charge in [-0.25, -0.2) is 0 Å². The summed E-state index contributed by atoms with van der Waals surface area (Å²) in [5, 5.41) is 0. The molecule has 0 fully saturated rings. The van der Waals surface area contributed by atoms with Crippen molar-refractivity contribution in [1.29, 1.82) is 0 Å². The average Bonchev–Trinajstić information content (AvgIpc) is 2.93. The first kappa shape index (κ1) is 11.7. The number of benzene rings is 1. The van der Waals surface area contributed by atoms with Gasteiger partial charge >= 0.3 is 0 Å². The van der Waals surface area contributed by atoms with Gasteiger partial charge in [0.05, 0.1) is 0 Å². The Balaban J connectivity index is 1.84. The van der Waals surface area contributed by atoms with E-state index in [1.807, 2.05) is 0 Å². The van der Waals surface area contributed by atoms with E-state index in [-0.39, 0.29) is 0 Å². The molecule has 2 nitrogen and oxygen atoms in total. The molecule has 0 radical (unpaired) electrons. The molecule has 3 aromatic rings. The summed E-state index contributed by atoms with van der Waals surface area (Å²) in [6, 6.07) is 17.7. The lowest BCUT2D eigenvalue weighted by molar-refractivity contribution is 0.295. The third-order valence-electron chi connectivity index (χ3n) is 4.32. The molecular formula is C18H18N2. The lowest BCUT2D eigenvalue weighted by Crippen LogP contribution is -2.30. The Kier molecular flexibility index (Phi) is 2.64. The Bertz CT molecular complexity index is 757. The van der Waals surface area contributed by atoms with Crippen molar-refractivity contribution in [2.45, 2.75) is 12.5 Å². The minimum absolute atomic E-state index is 0.477. The summed E-state index contributed by atoms with van der Waals surface area (Å²) < 4.78 is 2.17. The van der Waals surface area contributed by atoms with Crippen molar-refractivity contribution in [2.24, 2.45) is 0 Å². The molecule has 2 heteroatoms. The highest BCUT2D eigenvalue weighted by molar-refractivity contribution is 5.52. The zero-order valence-electron chi connectivity index (χ0n) is 11.7. The van der Waals surface area contributed by atoms with Gasteiger partial charge in [-0.2, -0.15) is 0 Å². The van der Waals surface area contributed by atoms with Gasteiger partial charge in [0, 0.05) is 36.9 Å². The zero-order valence-corrected chi connectivity index (χ0v) is 11.7. The molecule has 0 spiro atoms. The van der Waals surface area contributed by atoms with Crippen LogP contribution in [0.25, 0.3) is 5.52 Å². The van der Waals surface area contributed by atoms with E-state index >= 15 is 0 Å². The second-order valence-electron chi connectivity index (χ2n) is 5.75. The van der Waals surface area contributed by atoms with Crippen LogP contribution in [0.4, 0.5) is 0 Å². The van der Waals surface area contributed by atoms with Gasteiger partial charge in [0.15, 0.2) is 0 Å². The minimum Gasteiger partial charge on any atom is -0.324 e. The number of pyridine rings is 1. The van der Waals surface area contributed by atoms with Gasteiger partial charge < -0.3 is 9.30 Å². The van der Waals surface area contributed by atoms with Gasteiger partial charge in [0.1, 0.15) is 0 Å². The predicted molar refractivity (Wildman–Crippen MR) is 82.0 cm³/mol. The Morgan fingerprint density at radius 1 is 1.00 bits per heavy atom. The van der Waals surface area contributed by atoms with E-state index in [1.54, 1.807) is 0 Å². The quantitative estimate of drug-likeness (QED) is 0.651. The first-order valence-electron chi connectivity index (χ1n) is 7.14. The van der Waals surface area contributed by atoms with Crippen molar-refractivity contribution >= 4 is 5.52 Å². The predicted octanol–water partition coefficient (Wildman–Crippen LogP) is 3.52. The van der Waals surface area contributed by atoms with Gasteiger partial charge in [0.25, 0.3) is 0 Å². The molecular weight excluding hydrogens is 244 g/mol. The summed E-state index contributed by atoms with van der Waals surface area (Å²) in [7, 11) is 2.21. The number of fused-ring (bicyclic) bond motifs is 2. The maximum absolute atomic E-state index is 2.41. The molecule has 0 saturated heterocycles. The second-order valence-corrected chi connectivity index (χ2v) is 5.75.